The lowest BCUT2D eigenvalue weighted by Gasteiger charge is -2.28. The molecule has 6 nitrogen and oxygen atoms in total. The molecule has 2 N–H and O–H groups in total. The predicted molar refractivity (Wildman–Crippen MR) is 126 cm³/mol. The van der Waals surface area contributed by atoms with Gasteiger partial charge in [-0.2, -0.15) is 0 Å². The maximum atomic E-state index is 13.7. The lowest BCUT2D eigenvalue weighted by atomic mass is 9.82. The molecule has 1 saturated heterocycles. The van der Waals surface area contributed by atoms with Crippen molar-refractivity contribution in [3.8, 4) is 0 Å². The minimum atomic E-state index is -1.42. The van der Waals surface area contributed by atoms with Crippen LogP contribution in [0.2, 0.25) is 0 Å². The Kier molecular flexibility index (Phi) is 6.45. The lowest BCUT2D eigenvalue weighted by Crippen LogP contribution is -2.46. The van der Waals surface area contributed by atoms with Crippen molar-refractivity contribution < 1.29 is 18.8 Å². The number of nitrogens with zero attached hydrogens (tertiary/aromatic N) is 1. The van der Waals surface area contributed by atoms with Gasteiger partial charge in [0.1, 0.15) is 12.4 Å². The Morgan fingerprint density at radius 3 is 1.94 bits per heavy atom. The van der Waals surface area contributed by atoms with E-state index >= 15 is 0 Å². The molecular weight excluding hydrogens is 433 g/mol. The number of rotatable bonds is 7. The van der Waals surface area contributed by atoms with Crippen molar-refractivity contribution in [1.29, 1.82) is 0 Å². The highest BCUT2D eigenvalue weighted by atomic mass is 19.1. The number of benzene rings is 3. The van der Waals surface area contributed by atoms with Crippen LogP contribution in [0.5, 0.6) is 0 Å². The first-order chi connectivity index (χ1) is 16.3. The van der Waals surface area contributed by atoms with Crippen LogP contribution in [0, 0.1) is 11.7 Å². The van der Waals surface area contributed by atoms with Crippen LogP contribution in [-0.4, -0.2) is 29.3 Å². The van der Waals surface area contributed by atoms with E-state index in [1.807, 2.05) is 26.0 Å². The van der Waals surface area contributed by atoms with Crippen molar-refractivity contribution in [2.75, 3.05) is 6.54 Å². The van der Waals surface area contributed by atoms with Crippen LogP contribution in [0.4, 0.5) is 9.18 Å². The molecule has 3 aromatic carbocycles. The van der Waals surface area contributed by atoms with Gasteiger partial charge in [-0.3, -0.25) is 14.5 Å². The number of imide groups is 1. The normalized spacial score (nSPS) is 15.8. The second kappa shape index (κ2) is 9.47. The zero-order valence-electron chi connectivity index (χ0n) is 19.0. The van der Waals surface area contributed by atoms with Gasteiger partial charge in [-0.15, -0.1) is 0 Å². The second-order valence-corrected chi connectivity index (χ2v) is 8.64. The van der Waals surface area contributed by atoms with Crippen LogP contribution in [0.25, 0.3) is 0 Å². The zero-order chi connectivity index (χ0) is 24.3. The van der Waals surface area contributed by atoms with Crippen LogP contribution in [0.1, 0.15) is 36.6 Å². The number of urea groups is 1. The Morgan fingerprint density at radius 2 is 1.44 bits per heavy atom. The van der Waals surface area contributed by atoms with Crippen molar-refractivity contribution in [2.45, 2.75) is 25.4 Å². The Balaban J connectivity index is 1.60. The lowest BCUT2D eigenvalue weighted by molar-refractivity contribution is -0.134. The summed E-state index contributed by atoms with van der Waals surface area (Å²) in [7, 11) is 0. The van der Waals surface area contributed by atoms with Gasteiger partial charge in [0.05, 0.1) is 6.04 Å². The molecule has 34 heavy (non-hydrogen) atoms. The summed E-state index contributed by atoms with van der Waals surface area (Å²) in [5.41, 5.74) is 0.529. The fraction of sp³-hybridized carbons (Fsp3) is 0.222. The molecule has 1 unspecified atom stereocenters. The topological polar surface area (TPSA) is 78.5 Å². The van der Waals surface area contributed by atoms with E-state index in [4.69, 9.17) is 0 Å². The van der Waals surface area contributed by atoms with E-state index in [0.29, 0.717) is 11.1 Å². The number of halogens is 1. The van der Waals surface area contributed by atoms with E-state index in [2.05, 4.69) is 10.6 Å². The van der Waals surface area contributed by atoms with E-state index in [1.54, 1.807) is 60.7 Å². The summed E-state index contributed by atoms with van der Waals surface area (Å²) < 4.78 is 13.3. The Hall–Kier alpha value is -4.00. The fourth-order valence-corrected chi connectivity index (χ4v) is 4.32. The Labute approximate surface area is 197 Å². The smallest absolute Gasteiger partial charge is 0.326 e. The average Bonchev–Trinajstić information content (AvgIpc) is 3.10. The Morgan fingerprint density at radius 1 is 0.912 bits per heavy atom. The molecule has 4 amide bonds. The van der Waals surface area contributed by atoms with Crippen LogP contribution in [0.3, 0.4) is 0 Å². The van der Waals surface area contributed by atoms with Gasteiger partial charge in [0.15, 0.2) is 5.54 Å². The monoisotopic (exact) mass is 459 g/mol. The molecule has 1 atom stereocenters. The highest BCUT2D eigenvalue weighted by Gasteiger charge is 2.54. The van der Waals surface area contributed by atoms with Gasteiger partial charge in [0.25, 0.3) is 5.91 Å². The molecular formula is C27H26FN3O3. The number of nitrogens with one attached hydrogen (secondary N) is 2. The molecule has 1 heterocycles. The summed E-state index contributed by atoms with van der Waals surface area (Å²) in [6.45, 7) is 3.42. The van der Waals surface area contributed by atoms with Gasteiger partial charge in [-0.25, -0.2) is 9.18 Å². The minimum absolute atomic E-state index is 0.00486. The van der Waals surface area contributed by atoms with Gasteiger partial charge in [0, 0.05) is 0 Å². The third-order valence-electron chi connectivity index (χ3n) is 6.03. The van der Waals surface area contributed by atoms with Crippen molar-refractivity contribution >= 4 is 17.8 Å². The second-order valence-electron chi connectivity index (χ2n) is 8.64. The van der Waals surface area contributed by atoms with E-state index in [9.17, 15) is 18.8 Å². The summed E-state index contributed by atoms with van der Waals surface area (Å²) >= 11 is 0. The first-order valence-electron chi connectivity index (χ1n) is 11.1. The number of carbonyl (C=O) groups excluding carboxylic acids is 3. The van der Waals surface area contributed by atoms with Crippen molar-refractivity contribution in [1.82, 2.24) is 15.5 Å². The molecule has 7 heteroatoms. The summed E-state index contributed by atoms with van der Waals surface area (Å²) in [5.74, 6) is -1.36. The SMILES string of the molecule is CC(C)C(NC(=O)CN1C(=O)NC(c2ccccc2)(c2ccccc2)C1=O)c1ccc(F)cc1. The number of carbonyl (C=O) groups is 3. The predicted octanol–water partition coefficient (Wildman–Crippen LogP) is 4.13. The van der Waals surface area contributed by atoms with E-state index < -0.39 is 36.0 Å². The Bertz CT molecular complexity index is 1140. The molecule has 1 aliphatic heterocycles. The summed E-state index contributed by atoms with van der Waals surface area (Å²) in [5, 5.41) is 5.73. The molecule has 174 valence electrons. The maximum Gasteiger partial charge on any atom is 0.326 e. The average molecular weight is 460 g/mol. The van der Waals surface area contributed by atoms with Gasteiger partial charge in [0.2, 0.25) is 5.91 Å². The van der Waals surface area contributed by atoms with Crippen molar-refractivity contribution in [3.63, 3.8) is 0 Å². The molecule has 3 aromatic rings. The zero-order valence-corrected chi connectivity index (χ0v) is 19.0. The largest absolute Gasteiger partial charge is 0.347 e. The van der Waals surface area contributed by atoms with Crippen molar-refractivity contribution in [3.05, 3.63) is 107 Å². The molecule has 0 saturated carbocycles. The number of hydrogen-bond acceptors (Lipinski definition) is 3. The van der Waals surface area contributed by atoms with E-state index in [1.165, 1.54) is 12.1 Å². The highest BCUT2D eigenvalue weighted by molar-refractivity contribution is 6.11. The van der Waals surface area contributed by atoms with Gasteiger partial charge < -0.3 is 10.6 Å². The first kappa shape index (κ1) is 23.2. The molecule has 0 spiro atoms. The van der Waals surface area contributed by atoms with Crippen LogP contribution in [0.15, 0.2) is 84.9 Å². The highest BCUT2D eigenvalue weighted by Crippen LogP contribution is 2.36. The number of hydrogen-bond donors (Lipinski definition) is 2. The van der Waals surface area contributed by atoms with Crippen LogP contribution < -0.4 is 10.6 Å². The quantitative estimate of drug-likeness (QED) is 0.522. The van der Waals surface area contributed by atoms with E-state index in [0.717, 1.165) is 10.5 Å². The summed E-state index contributed by atoms with van der Waals surface area (Å²) in [6.07, 6.45) is 0. The van der Waals surface area contributed by atoms with E-state index in [-0.39, 0.29) is 11.7 Å². The maximum absolute atomic E-state index is 13.7. The minimum Gasteiger partial charge on any atom is -0.347 e. The number of amides is 4. The summed E-state index contributed by atoms with van der Waals surface area (Å²) in [4.78, 5) is 40.6. The fourth-order valence-electron chi connectivity index (χ4n) is 4.32. The molecule has 0 bridgehead atoms. The molecule has 1 aliphatic rings. The van der Waals surface area contributed by atoms with Gasteiger partial charge in [-0.1, -0.05) is 86.6 Å². The molecule has 4 rings (SSSR count). The molecule has 0 aromatic heterocycles. The van der Waals surface area contributed by atoms with Crippen LogP contribution >= 0.6 is 0 Å². The summed E-state index contributed by atoms with van der Waals surface area (Å²) in [6, 6.07) is 22.8. The third kappa shape index (κ3) is 4.29. The first-order valence-corrected chi connectivity index (χ1v) is 11.1. The van der Waals surface area contributed by atoms with Crippen molar-refractivity contribution in [2.24, 2.45) is 5.92 Å². The van der Waals surface area contributed by atoms with Gasteiger partial charge >= 0.3 is 6.03 Å². The van der Waals surface area contributed by atoms with Gasteiger partial charge in [-0.05, 0) is 34.7 Å². The van der Waals surface area contributed by atoms with Crippen LogP contribution in [-0.2, 0) is 15.1 Å². The third-order valence-corrected chi connectivity index (χ3v) is 6.03. The molecule has 1 fully saturated rings. The molecule has 0 radical (unpaired) electrons. The standard InChI is InChI=1S/C27H26FN3O3/c1-18(2)24(19-13-15-22(28)16-14-19)29-23(32)17-31-25(33)27(30-26(31)34,20-9-5-3-6-10-20)21-11-7-4-8-12-21/h3-16,18,24H,17H2,1-2H3,(H,29,32)(H,30,34). The molecule has 0 aliphatic carbocycles.